The summed E-state index contributed by atoms with van der Waals surface area (Å²) >= 11 is 1.44. The summed E-state index contributed by atoms with van der Waals surface area (Å²) in [7, 11) is 0. The van der Waals surface area contributed by atoms with Gasteiger partial charge in [-0.15, -0.1) is 11.8 Å². The Bertz CT molecular complexity index is 1190. The molecule has 0 bridgehead atoms. The number of nitrogens with one attached hydrogen (secondary N) is 2. The van der Waals surface area contributed by atoms with Crippen LogP contribution < -0.4 is 10.6 Å². The fraction of sp³-hybridized carbons (Fsp3) is 0.276. The standard InChI is InChI=1S/C29H32N2O4S/c1-4-6-17-35-29(34)21-13-15-23(16-14-21)30-28(33)26(5-2)36-25-12-8-11-24(19-25)31-27(32)22-10-7-9-20(3)18-22/h7-16,18-19,26H,4-6,17H2,1-3H3,(H,30,33)(H,31,32). The number of ether oxygens (including phenoxy) is 1. The number of unbranched alkanes of at least 4 members (excludes halogenated alkanes) is 1. The van der Waals surface area contributed by atoms with Crippen molar-refractivity contribution in [2.75, 3.05) is 17.2 Å². The van der Waals surface area contributed by atoms with Gasteiger partial charge in [0.05, 0.1) is 17.4 Å². The average molecular weight is 505 g/mol. The maximum absolute atomic E-state index is 12.9. The van der Waals surface area contributed by atoms with E-state index in [1.54, 1.807) is 30.3 Å². The van der Waals surface area contributed by atoms with Crippen LogP contribution >= 0.6 is 11.8 Å². The van der Waals surface area contributed by atoms with Crippen molar-refractivity contribution in [3.8, 4) is 0 Å². The molecule has 7 heteroatoms. The monoisotopic (exact) mass is 504 g/mol. The number of carbonyl (C=O) groups is 3. The van der Waals surface area contributed by atoms with Crippen molar-refractivity contribution in [2.45, 2.75) is 50.2 Å². The number of benzene rings is 3. The summed E-state index contributed by atoms with van der Waals surface area (Å²) in [5, 5.41) is 5.52. The van der Waals surface area contributed by atoms with Gasteiger partial charge in [0.25, 0.3) is 5.91 Å². The van der Waals surface area contributed by atoms with Gasteiger partial charge in [0, 0.05) is 21.8 Å². The lowest BCUT2D eigenvalue weighted by atomic mass is 10.1. The van der Waals surface area contributed by atoms with Gasteiger partial charge in [-0.25, -0.2) is 4.79 Å². The van der Waals surface area contributed by atoms with Crippen molar-refractivity contribution in [1.82, 2.24) is 0 Å². The molecule has 0 saturated carbocycles. The maximum Gasteiger partial charge on any atom is 0.338 e. The van der Waals surface area contributed by atoms with E-state index in [-0.39, 0.29) is 23.0 Å². The second kappa shape index (κ2) is 13.5. The van der Waals surface area contributed by atoms with Crippen LogP contribution in [0.15, 0.2) is 77.7 Å². The Morgan fingerprint density at radius 2 is 1.61 bits per heavy atom. The zero-order valence-electron chi connectivity index (χ0n) is 20.9. The summed E-state index contributed by atoms with van der Waals surface area (Å²) in [5.41, 5.74) is 3.35. The first kappa shape index (κ1) is 27.0. The molecule has 0 aliphatic carbocycles. The molecule has 6 nitrogen and oxygen atoms in total. The third-order valence-electron chi connectivity index (χ3n) is 5.43. The number of esters is 1. The summed E-state index contributed by atoms with van der Waals surface area (Å²) < 4.78 is 5.22. The molecule has 2 amide bonds. The number of hydrogen-bond acceptors (Lipinski definition) is 5. The Balaban J connectivity index is 1.59. The van der Waals surface area contributed by atoms with E-state index in [1.165, 1.54) is 11.8 Å². The quantitative estimate of drug-likeness (QED) is 0.172. The van der Waals surface area contributed by atoms with Gasteiger partial charge in [-0.2, -0.15) is 0 Å². The zero-order chi connectivity index (χ0) is 25.9. The molecule has 1 unspecified atom stereocenters. The maximum atomic E-state index is 12.9. The van der Waals surface area contributed by atoms with Crippen LogP contribution in [0.3, 0.4) is 0 Å². The molecule has 3 aromatic rings. The minimum Gasteiger partial charge on any atom is -0.462 e. The molecule has 1 atom stereocenters. The molecule has 2 N–H and O–H groups in total. The fourth-order valence-electron chi connectivity index (χ4n) is 3.43. The predicted octanol–water partition coefficient (Wildman–Crippen LogP) is 6.71. The van der Waals surface area contributed by atoms with Crippen molar-refractivity contribution in [3.63, 3.8) is 0 Å². The second-order valence-electron chi connectivity index (χ2n) is 8.42. The van der Waals surface area contributed by atoms with Crippen LogP contribution in [-0.4, -0.2) is 29.6 Å². The highest BCUT2D eigenvalue weighted by atomic mass is 32.2. The van der Waals surface area contributed by atoms with Crippen LogP contribution in [0.1, 0.15) is 59.4 Å². The first-order chi connectivity index (χ1) is 17.4. The topological polar surface area (TPSA) is 84.5 Å². The molecule has 0 heterocycles. The van der Waals surface area contributed by atoms with Gasteiger partial charge < -0.3 is 15.4 Å². The number of aryl methyl sites for hydroxylation is 1. The average Bonchev–Trinajstić information content (AvgIpc) is 2.88. The smallest absolute Gasteiger partial charge is 0.338 e. The molecule has 0 spiro atoms. The van der Waals surface area contributed by atoms with Crippen molar-refractivity contribution >= 4 is 40.9 Å². The van der Waals surface area contributed by atoms with E-state index in [0.717, 1.165) is 23.3 Å². The highest BCUT2D eigenvalue weighted by Gasteiger charge is 2.19. The SMILES string of the molecule is CCCCOC(=O)c1ccc(NC(=O)C(CC)Sc2cccc(NC(=O)c3cccc(C)c3)c2)cc1. The second-order valence-corrected chi connectivity index (χ2v) is 9.70. The van der Waals surface area contributed by atoms with Crippen LogP contribution in [0.5, 0.6) is 0 Å². The number of rotatable bonds is 11. The summed E-state index contributed by atoms with van der Waals surface area (Å²) in [6.07, 6.45) is 2.41. The van der Waals surface area contributed by atoms with Gasteiger partial charge in [0.1, 0.15) is 0 Å². The Morgan fingerprint density at radius 3 is 2.31 bits per heavy atom. The lowest BCUT2D eigenvalue weighted by molar-refractivity contribution is -0.115. The summed E-state index contributed by atoms with van der Waals surface area (Å²) in [4.78, 5) is 38.5. The number of hydrogen-bond donors (Lipinski definition) is 2. The van der Waals surface area contributed by atoms with Gasteiger partial charge in [0.15, 0.2) is 0 Å². The molecule has 3 rings (SSSR count). The van der Waals surface area contributed by atoms with E-state index in [2.05, 4.69) is 10.6 Å². The predicted molar refractivity (Wildman–Crippen MR) is 146 cm³/mol. The number of carbonyl (C=O) groups excluding carboxylic acids is 3. The van der Waals surface area contributed by atoms with Crippen LogP contribution in [0.25, 0.3) is 0 Å². The van der Waals surface area contributed by atoms with E-state index in [9.17, 15) is 14.4 Å². The third-order valence-corrected chi connectivity index (χ3v) is 6.79. The Labute approximate surface area is 216 Å². The van der Waals surface area contributed by atoms with E-state index in [0.29, 0.717) is 35.5 Å². The van der Waals surface area contributed by atoms with Gasteiger partial charge in [0.2, 0.25) is 5.91 Å². The molecule has 0 aromatic heterocycles. The lowest BCUT2D eigenvalue weighted by Gasteiger charge is -2.16. The van der Waals surface area contributed by atoms with E-state index >= 15 is 0 Å². The van der Waals surface area contributed by atoms with Crippen molar-refractivity contribution < 1.29 is 19.1 Å². The first-order valence-electron chi connectivity index (χ1n) is 12.1. The highest BCUT2D eigenvalue weighted by molar-refractivity contribution is 8.00. The minimum atomic E-state index is -0.363. The summed E-state index contributed by atoms with van der Waals surface area (Å²) in [6.45, 7) is 6.34. The van der Waals surface area contributed by atoms with E-state index < -0.39 is 0 Å². The third kappa shape index (κ3) is 7.99. The first-order valence-corrected chi connectivity index (χ1v) is 13.0. The molecular formula is C29H32N2O4S. The van der Waals surface area contributed by atoms with Gasteiger partial charge >= 0.3 is 5.97 Å². The van der Waals surface area contributed by atoms with Crippen molar-refractivity contribution in [3.05, 3.63) is 89.5 Å². The highest BCUT2D eigenvalue weighted by Crippen LogP contribution is 2.29. The minimum absolute atomic E-state index is 0.130. The molecule has 0 saturated heterocycles. The Kier molecular flexibility index (Phi) is 10.1. The zero-order valence-corrected chi connectivity index (χ0v) is 21.7. The van der Waals surface area contributed by atoms with E-state index in [1.807, 2.05) is 63.2 Å². The van der Waals surface area contributed by atoms with Crippen molar-refractivity contribution in [1.29, 1.82) is 0 Å². The van der Waals surface area contributed by atoms with Crippen LogP contribution in [-0.2, 0) is 9.53 Å². The molecule has 0 aliphatic heterocycles. The van der Waals surface area contributed by atoms with Gasteiger partial charge in [-0.1, -0.05) is 44.0 Å². The van der Waals surface area contributed by atoms with Gasteiger partial charge in [-0.3, -0.25) is 9.59 Å². The number of thioether (sulfide) groups is 1. The van der Waals surface area contributed by atoms with Crippen LogP contribution in [0, 0.1) is 6.92 Å². The molecule has 188 valence electrons. The fourth-order valence-corrected chi connectivity index (χ4v) is 4.44. The summed E-state index contributed by atoms with van der Waals surface area (Å²) in [5.74, 6) is -0.670. The number of anilines is 2. The van der Waals surface area contributed by atoms with Gasteiger partial charge in [-0.05, 0) is 74.4 Å². The Morgan fingerprint density at radius 1 is 0.861 bits per heavy atom. The van der Waals surface area contributed by atoms with Crippen LogP contribution in [0.2, 0.25) is 0 Å². The normalized spacial score (nSPS) is 11.4. The number of amides is 2. The molecule has 36 heavy (non-hydrogen) atoms. The lowest BCUT2D eigenvalue weighted by Crippen LogP contribution is -2.24. The largest absolute Gasteiger partial charge is 0.462 e. The summed E-state index contributed by atoms with van der Waals surface area (Å²) in [6, 6.07) is 21.6. The molecule has 3 aromatic carbocycles. The van der Waals surface area contributed by atoms with E-state index in [4.69, 9.17) is 4.74 Å². The van der Waals surface area contributed by atoms with Crippen molar-refractivity contribution in [2.24, 2.45) is 0 Å². The van der Waals surface area contributed by atoms with Crippen LogP contribution in [0.4, 0.5) is 11.4 Å². The molecular weight excluding hydrogens is 472 g/mol. The molecule has 0 aliphatic rings. The molecule has 0 fully saturated rings. The molecule has 0 radical (unpaired) electrons. The Hall–Kier alpha value is -3.58.